The van der Waals surface area contributed by atoms with E-state index in [4.69, 9.17) is 9.47 Å². The molecule has 6 nitrogen and oxygen atoms in total. The predicted octanol–water partition coefficient (Wildman–Crippen LogP) is 3.04. The number of nitrogens with zero attached hydrogens (tertiary/aromatic N) is 1. The molecule has 31 heavy (non-hydrogen) atoms. The third-order valence-electron chi connectivity index (χ3n) is 6.42. The quantitative estimate of drug-likeness (QED) is 0.651. The average Bonchev–Trinajstić information content (AvgIpc) is 3.30. The molecule has 2 N–H and O–H groups in total. The number of benzene rings is 1. The zero-order chi connectivity index (χ0) is 21.0. The van der Waals surface area contributed by atoms with Crippen LogP contribution < -0.4 is 15.4 Å². The largest absolute Gasteiger partial charge is 0.492 e. The maximum atomic E-state index is 12.6. The summed E-state index contributed by atoms with van der Waals surface area (Å²) in [7, 11) is 0. The summed E-state index contributed by atoms with van der Waals surface area (Å²) in [6.07, 6.45) is 8.58. The van der Waals surface area contributed by atoms with E-state index in [0.717, 1.165) is 51.3 Å². The van der Waals surface area contributed by atoms with Gasteiger partial charge >= 0.3 is 0 Å². The molecule has 1 aromatic carbocycles. The van der Waals surface area contributed by atoms with E-state index < -0.39 is 0 Å². The van der Waals surface area contributed by atoms with E-state index in [-0.39, 0.29) is 11.9 Å². The van der Waals surface area contributed by atoms with Gasteiger partial charge in [-0.3, -0.25) is 4.79 Å². The molecule has 1 aromatic heterocycles. The Morgan fingerprint density at radius 2 is 2.03 bits per heavy atom. The minimum absolute atomic E-state index is 0.116. The van der Waals surface area contributed by atoms with Crippen LogP contribution in [0.15, 0.2) is 36.5 Å². The highest BCUT2D eigenvalue weighted by molar-refractivity contribution is 5.92. The first kappa shape index (κ1) is 20.5. The van der Waals surface area contributed by atoms with Gasteiger partial charge in [0.25, 0.3) is 5.91 Å². The third kappa shape index (κ3) is 5.43. The van der Waals surface area contributed by atoms with Crippen molar-refractivity contribution in [2.45, 2.75) is 57.2 Å². The van der Waals surface area contributed by atoms with Crippen LogP contribution in [-0.4, -0.2) is 42.8 Å². The standard InChI is InChI=1S/C25H31N3O3/c29-25(24-8-7-23(15-27-24)31-16-17-3-4-17)28-21-11-19-6-5-18(10-20(19)12-21)13-26-14-22-2-1-9-30-22/h5-8,10,15,17,21-22,26H,1-4,9,11-14,16H2,(H,28,29)/t21-,22-/m1/s1. The first-order chi connectivity index (χ1) is 15.2. The van der Waals surface area contributed by atoms with Crippen molar-refractivity contribution in [2.75, 3.05) is 19.8 Å². The molecule has 2 fully saturated rings. The molecule has 164 valence electrons. The van der Waals surface area contributed by atoms with Crippen molar-refractivity contribution in [3.63, 3.8) is 0 Å². The van der Waals surface area contributed by atoms with E-state index in [9.17, 15) is 4.79 Å². The van der Waals surface area contributed by atoms with Crippen LogP contribution in [0.5, 0.6) is 5.75 Å². The van der Waals surface area contributed by atoms with Gasteiger partial charge in [0.15, 0.2) is 0 Å². The molecule has 0 spiro atoms. The highest BCUT2D eigenvalue weighted by Gasteiger charge is 2.24. The molecule has 6 heteroatoms. The van der Waals surface area contributed by atoms with E-state index in [0.29, 0.717) is 17.7 Å². The number of nitrogens with one attached hydrogen (secondary N) is 2. The van der Waals surface area contributed by atoms with Gasteiger partial charge in [0.05, 0.1) is 18.9 Å². The van der Waals surface area contributed by atoms with Gasteiger partial charge in [0, 0.05) is 25.7 Å². The first-order valence-corrected chi connectivity index (χ1v) is 11.6. The van der Waals surface area contributed by atoms with Gasteiger partial charge in [-0.25, -0.2) is 4.98 Å². The van der Waals surface area contributed by atoms with Crippen LogP contribution >= 0.6 is 0 Å². The van der Waals surface area contributed by atoms with Crippen molar-refractivity contribution >= 4 is 5.91 Å². The van der Waals surface area contributed by atoms with Gasteiger partial charge in [-0.15, -0.1) is 0 Å². The van der Waals surface area contributed by atoms with Gasteiger partial charge in [-0.05, 0) is 73.3 Å². The number of fused-ring (bicyclic) bond motifs is 1. The second kappa shape index (κ2) is 9.37. The summed E-state index contributed by atoms with van der Waals surface area (Å²) in [5, 5.41) is 6.66. The van der Waals surface area contributed by atoms with Gasteiger partial charge < -0.3 is 20.1 Å². The number of aromatic nitrogens is 1. The normalized spacial score (nSPS) is 22.3. The van der Waals surface area contributed by atoms with Crippen molar-refractivity contribution in [1.29, 1.82) is 0 Å². The molecule has 2 heterocycles. The number of amides is 1. The summed E-state index contributed by atoms with van der Waals surface area (Å²) in [4.78, 5) is 16.9. The molecule has 5 rings (SSSR count). The number of pyridine rings is 1. The summed E-state index contributed by atoms with van der Waals surface area (Å²) in [5.41, 5.74) is 4.38. The molecule has 0 bridgehead atoms. The van der Waals surface area contributed by atoms with Gasteiger partial charge in [0.2, 0.25) is 0 Å². The Bertz CT molecular complexity index is 905. The zero-order valence-electron chi connectivity index (χ0n) is 17.9. The topological polar surface area (TPSA) is 72.5 Å². The highest BCUT2D eigenvalue weighted by Crippen LogP contribution is 2.29. The third-order valence-corrected chi connectivity index (χ3v) is 6.42. The number of carbonyl (C=O) groups excluding carboxylic acids is 1. The summed E-state index contributed by atoms with van der Waals surface area (Å²) < 4.78 is 11.4. The molecule has 1 amide bonds. The summed E-state index contributed by atoms with van der Waals surface area (Å²) in [5.74, 6) is 1.31. The maximum absolute atomic E-state index is 12.6. The molecule has 0 unspecified atom stereocenters. The molecule has 0 radical (unpaired) electrons. The lowest BCUT2D eigenvalue weighted by atomic mass is 10.1. The molecular formula is C25H31N3O3. The fourth-order valence-corrected chi connectivity index (χ4v) is 4.42. The molecule has 2 aliphatic carbocycles. The summed E-state index contributed by atoms with van der Waals surface area (Å²) >= 11 is 0. The molecule has 1 saturated carbocycles. The van der Waals surface area contributed by atoms with Crippen LogP contribution in [0.2, 0.25) is 0 Å². The number of ether oxygens (including phenoxy) is 2. The van der Waals surface area contributed by atoms with Crippen LogP contribution in [-0.2, 0) is 24.1 Å². The Labute approximate surface area is 183 Å². The van der Waals surface area contributed by atoms with Gasteiger partial charge in [-0.2, -0.15) is 0 Å². The molecule has 1 aliphatic heterocycles. The van der Waals surface area contributed by atoms with Crippen LogP contribution in [0.4, 0.5) is 0 Å². The molecular weight excluding hydrogens is 390 g/mol. The lowest BCUT2D eigenvalue weighted by molar-refractivity contribution is 0.0933. The van der Waals surface area contributed by atoms with Gasteiger partial charge in [-0.1, -0.05) is 18.2 Å². The monoisotopic (exact) mass is 421 g/mol. The highest BCUT2D eigenvalue weighted by atomic mass is 16.5. The van der Waals surface area contributed by atoms with Crippen LogP contribution in [0.1, 0.15) is 52.9 Å². The summed E-state index contributed by atoms with van der Waals surface area (Å²) in [6, 6.07) is 10.4. The van der Waals surface area contributed by atoms with Crippen molar-refractivity contribution < 1.29 is 14.3 Å². The fraction of sp³-hybridized carbons (Fsp3) is 0.520. The van der Waals surface area contributed by atoms with E-state index in [1.165, 1.54) is 36.0 Å². The Balaban J connectivity index is 1.10. The summed E-state index contributed by atoms with van der Waals surface area (Å²) in [6.45, 7) is 3.40. The smallest absolute Gasteiger partial charge is 0.270 e. The van der Waals surface area contributed by atoms with E-state index in [1.54, 1.807) is 12.3 Å². The Morgan fingerprint density at radius 3 is 2.81 bits per heavy atom. The number of rotatable bonds is 9. The van der Waals surface area contributed by atoms with E-state index >= 15 is 0 Å². The Morgan fingerprint density at radius 1 is 1.13 bits per heavy atom. The lowest BCUT2D eigenvalue weighted by Crippen LogP contribution is -2.35. The predicted molar refractivity (Wildman–Crippen MR) is 118 cm³/mol. The van der Waals surface area contributed by atoms with Crippen LogP contribution in [0.3, 0.4) is 0 Å². The lowest BCUT2D eigenvalue weighted by Gasteiger charge is -2.12. The minimum Gasteiger partial charge on any atom is -0.492 e. The van der Waals surface area contributed by atoms with Crippen LogP contribution in [0.25, 0.3) is 0 Å². The van der Waals surface area contributed by atoms with Crippen LogP contribution in [0, 0.1) is 5.92 Å². The second-order valence-corrected chi connectivity index (χ2v) is 9.08. The van der Waals surface area contributed by atoms with Crippen molar-refractivity contribution in [2.24, 2.45) is 5.92 Å². The van der Waals surface area contributed by atoms with Gasteiger partial charge in [0.1, 0.15) is 11.4 Å². The number of carbonyl (C=O) groups is 1. The second-order valence-electron chi connectivity index (χ2n) is 9.08. The van der Waals surface area contributed by atoms with E-state index in [2.05, 4.69) is 33.8 Å². The van der Waals surface area contributed by atoms with Crippen molar-refractivity contribution in [3.8, 4) is 5.75 Å². The van der Waals surface area contributed by atoms with E-state index in [1.807, 2.05) is 6.07 Å². The fourth-order valence-electron chi connectivity index (χ4n) is 4.42. The van der Waals surface area contributed by atoms with Crippen molar-refractivity contribution in [3.05, 3.63) is 58.9 Å². The molecule has 3 aliphatic rings. The number of hydrogen-bond acceptors (Lipinski definition) is 5. The maximum Gasteiger partial charge on any atom is 0.270 e. The van der Waals surface area contributed by atoms with Crippen molar-refractivity contribution in [1.82, 2.24) is 15.6 Å². The zero-order valence-corrected chi connectivity index (χ0v) is 17.9. The Hall–Kier alpha value is -2.44. The molecule has 2 atom stereocenters. The minimum atomic E-state index is -0.120. The number of hydrogen-bond donors (Lipinski definition) is 2. The Kier molecular flexibility index (Phi) is 6.18. The average molecular weight is 422 g/mol. The first-order valence-electron chi connectivity index (χ1n) is 11.6. The SMILES string of the molecule is O=C(N[C@@H]1Cc2ccc(CNC[C@H]3CCCO3)cc2C1)c1ccc(OCC2CC2)cn1. The molecule has 1 saturated heterocycles. The molecule has 2 aromatic rings.